The van der Waals surface area contributed by atoms with E-state index in [1.54, 1.807) is 36.4 Å². The number of fused-ring (bicyclic) bond motifs is 1. The van der Waals surface area contributed by atoms with Crippen molar-refractivity contribution < 1.29 is 22.7 Å². The third kappa shape index (κ3) is 4.30. The summed E-state index contributed by atoms with van der Waals surface area (Å²) in [4.78, 5) is 12.4. The molecule has 3 aromatic rings. The molecular weight excluding hydrogens is 369 g/mol. The van der Waals surface area contributed by atoms with Crippen molar-refractivity contribution in [2.75, 3.05) is 5.32 Å². The van der Waals surface area contributed by atoms with E-state index in [2.05, 4.69) is 10.1 Å². The molecule has 0 saturated carbocycles. The van der Waals surface area contributed by atoms with Crippen LogP contribution in [0.15, 0.2) is 66.2 Å². The molecule has 3 rings (SSSR count). The molecule has 0 saturated heterocycles. The van der Waals surface area contributed by atoms with Gasteiger partial charge in [-0.05, 0) is 47.2 Å². The zero-order chi connectivity index (χ0) is 20.1. The van der Waals surface area contributed by atoms with Crippen LogP contribution in [0.25, 0.3) is 16.8 Å². The van der Waals surface area contributed by atoms with Gasteiger partial charge in [-0.15, -0.1) is 0 Å². The van der Waals surface area contributed by atoms with Gasteiger partial charge in [0.1, 0.15) is 23.2 Å². The predicted molar refractivity (Wildman–Crippen MR) is 99.2 cm³/mol. The topological polar surface area (TPSA) is 62.1 Å². The molecule has 28 heavy (non-hydrogen) atoms. The van der Waals surface area contributed by atoms with Crippen molar-refractivity contribution in [1.82, 2.24) is 0 Å². The number of nitrogens with one attached hydrogen (secondary N) is 1. The van der Waals surface area contributed by atoms with E-state index in [1.807, 2.05) is 0 Å². The maximum absolute atomic E-state index is 13.0. The van der Waals surface area contributed by atoms with Gasteiger partial charge < -0.3 is 10.1 Å². The number of hydrogen-bond donors (Lipinski definition) is 1. The number of alkyl halides is 2. The minimum Gasteiger partial charge on any atom is -0.434 e. The normalized spacial score (nSPS) is 11.3. The number of rotatable bonds is 5. The highest BCUT2D eigenvalue weighted by atomic mass is 19.3. The monoisotopic (exact) mass is 382 g/mol. The Bertz CT molecular complexity index is 1090. The number of hydrogen-bond acceptors (Lipinski definition) is 3. The van der Waals surface area contributed by atoms with Crippen LogP contribution in [0.1, 0.15) is 5.56 Å². The first-order chi connectivity index (χ1) is 13.5. The summed E-state index contributed by atoms with van der Waals surface area (Å²) in [5, 5.41) is 13.1. The van der Waals surface area contributed by atoms with E-state index >= 15 is 0 Å². The van der Waals surface area contributed by atoms with Gasteiger partial charge in [0, 0.05) is 11.3 Å². The average molecular weight is 382 g/mol. The summed E-state index contributed by atoms with van der Waals surface area (Å²) in [5.74, 6) is -1.39. The molecule has 4 nitrogen and oxygen atoms in total. The number of nitrogens with zero attached hydrogens (tertiary/aromatic N) is 1. The van der Waals surface area contributed by atoms with Gasteiger partial charge >= 0.3 is 6.61 Å². The lowest BCUT2D eigenvalue weighted by atomic mass is 10.0. The van der Waals surface area contributed by atoms with Crippen molar-refractivity contribution >= 4 is 28.4 Å². The number of nitriles is 1. The summed E-state index contributed by atoms with van der Waals surface area (Å²) in [6.45, 7) is -3.06. The van der Waals surface area contributed by atoms with Crippen LogP contribution in [0, 0.1) is 17.1 Å². The molecule has 0 spiro atoms. The van der Waals surface area contributed by atoms with Crippen LogP contribution >= 0.6 is 0 Å². The van der Waals surface area contributed by atoms with E-state index in [9.17, 15) is 23.2 Å². The van der Waals surface area contributed by atoms with Crippen LogP contribution in [-0.2, 0) is 4.79 Å². The van der Waals surface area contributed by atoms with Crippen LogP contribution in [-0.4, -0.2) is 12.5 Å². The number of benzene rings is 3. The van der Waals surface area contributed by atoms with E-state index in [0.717, 1.165) is 17.5 Å². The smallest absolute Gasteiger partial charge is 0.387 e. The van der Waals surface area contributed by atoms with Gasteiger partial charge in [0.05, 0.1) is 0 Å². The van der Waals surface area contributed by atoms with Crippen molar-refractivity contribution in [3.63, 3.8) is 0 Å². The van der Waals surface area contributed by atoms with Crippen LogP contribution in [0.4, 0.5) is 18.9 Å². The van der Waals surface area contributed by atoms with Crippen LogP contribution in [0.2, 0.25) is 0 Å². The van der Waals surface area contributed by atoms with Crippen molar-refractivity contribution in [3.05, 3.63) is 77.6 Å². The number of amides is 1. The molecule has 0 fully saturated rings. The second kappa shape index (κ2) is 8.27. The number of carbonyl (C=O) groups is 1. The molecule has 0 bridgehead atoms. The lowest BCUT2D eigenvalue weighted by Gasteiger charge is -2.12. The molecule has 1 N–H and O–H groups in total. The van der Waals surface area contributed by atoms with Gasteiger partial charge in [-0.1, -0.05) is 30.3 Å². The number of anilines is 1. The number of ether oxygens (including phenoxy) is 1. The summed E-state index contributed by atoms with van der Waals surface area (Å²) in [5.41, 5.74) is 0.151. The van der Waals surface area contributed by atoms with E-state index < -0.39 is 18.3 Å². The van der Waals surface area contributed by atoms with Crippen molar-refractivity contribution in [2.45, 2.75) is 6.61 Å². The van der Waals surface area contributed by atoms with Crippen molar-refractivity contribution in [3.8, 4) is 11.8 Å². The first-order valence-electron chi connectivity index (χ1n) is 8.13. The zero-order valence-corrected chi connectivity index (χ0v) is 14.3. The highest BCUT2D eigenvalue weighted by Gasteiger charge is 2.15. The molecule has 0 heterocycles. The van der Waals surface area contributed by atoms with Crippen LogP contribution in [0.3, 0.4) is 0 Å². The Morgan fingerprint density at radius 3 is 2.46 bits per heavy atom. The number of carbonyl (C=O) groups excluding carboxylic acids is 1. The molecule has 140 valence electrons. The highest BCUT2D eigenvalue weighted by Crippen LogP contribution is 2.31. The zero-order valence-electron chi connectivity index (χ0n) is 14.3. The minimum absolute atomic E-state index is 0.156. The average Bonchev–Trinajstić information content (AvgIpc) is 2.68. The maximum atomic E-state index is 13.0. The van der Waals surface area contributed by atoms with Gasteiger partial charge in [-0.2, -0.15) is 14.0 Å². The summed E-state index contributed by atoms with van der Waals surface area (Å²) in [6.07, 6.45) is 1.19. The Labute approximate surface area is 158 Å². The molecule has 0 aromatic heterocycles. The molecule has 0 atom stereocenters. The Morgan fingerprint density at radius 2 is 1.79 bits per heavy atom. The molecular formula is C21H13F3N2O2. The SMILES string of the molecule is N#C/C(=C\c1c(OC(F)F)ccc2ccccc12)C(=O)Nc1ccc(F)cc1. The largest absolute Gasteiger partial charge is 0.434 e. The molecule has 0 radical (unpaired) electrons. The maximum Gasteiger partial charge on any atom is 0.387 e. The van der Waals surface area contributed by atoms with Gasteiger partial charge in [0.15, 0.2) is 0 Å². The Kier molecular flexibility index (Phi) is 5.61. The molecule has 0 aliphatic heterocycles. The Balaban J connectivity index is 2.03. The first kappa shape index (κ1) is 19.0. The minimum atomic E-state index is -3.06. The van der Waals surface area contributed by atoms with E-state index in [-0.39, 0.29) is 22.6 Å². The Morgan fingerprint density at radius 1 is 1.07 bits per heavy atom. The lowest BCUT2D eigenvalue weighted by Crippen LogP contribution is -2.13. The molecule has 0 unspecified atom stereocenters. The third-order valence-electron chi connectivity index (χ3n) is 3.90. The fraction of sp³-hybridized carbons (Fsp3) is 0.0476. The van der Waals surface area contributed by atoms with Gasteiger partial charge in [-0.25, -0.2) is 4.39 Å². The first-order valence-corrected chi connectivity index (χ1v) is 8.13. The Hall–Kier alpha value is -3.79. The molecule has 1 amide bonds. The third-order valence-corrected chi connectivity index (χ3v) is 3.90. The van der Waals surface area contributed by atoms with Crippen molar-refractivity contribution in [2.24, 2.45) is 0 Å². The molecule has 0 aliphatic rings. The van der Waals surface area contributed by atoms with Gasteiger partial charge in [-0.3, -0.25) is 4.79 Å². The van der Waals surface area contributed by atoms with E-state index in [4.69, 9.17) is 0 Å². The second-order valence-corrected chi connectivity index (χ2v) is 5.71. The second-order valence-electron chi connectivity index (χ2n) is 5.71. The lowest BCUT2D eigenvalue weighted by molar-refractivity contribution is -0.112. The highest BCUT2D eigenvalue weighted by molar-refractivity contribution is 6.11. The summed E-state index contributed by atoms with van der Waals surface area (Å²) in [7, 11) is 0. The van der Waals surface area contributed by atoms with Gasteiger partial charge in [0.25, 0.3) is 5.91 Å². The fourth-order valence-corrected chi connectivity index (χ4v) is 2.65. The summed E-state index contributed by atoms with van der Waals surface area (Å²) >= 11 is 0. The molecule has 3 aromatic carbocycles. The molecule has 7 heteroatoms. The molecule has 0 aliphatic carbocycles. The van der Waals surface area contributed by atoms with Gasteiger partial charge in [0.2, 0.25) is 0 Å². The number of halogens is 3. The fourth-order valence-electron chi connectivity index (χ4n) is 2.65. The van der Waals surface area contributed by atoms with Crippen LogP contribution < -0.4 is 10.1 Å². The summed E-state index contributed by atoms with van der Waals surface area (Å²) in [6, 6.07) is 16.6. The quantitative estimate of drug-likeness (QED) is 0.492. The van der Waals surface area contributed by atoms with E-state index in [1.165, 1.54) is 24.3 Å². The standard InChI is InChI=1S/C21H13F3N2O2/c22-15-6-8-16(9-7-15)26-20(27)14(12-25)11-18-17-4-2-1-3-13(17)5-10-19(18)28-21(23)24/h1-11,21H,(H,26,27)/b14-11+. The van der Waals surface area contributed by atoms with Crippen molar-refractivity contribution in [1.29, 1.82) is 5.26 Å². The predicted octanol–water partition coefficient (Wildman–Crippen LogP) is 5.13. The summed E-state index contributed by atoms with van der Waals surface area (Å²) < 4.78 is 43.1. The van der Waals surface area contributed by atoms with Crippen LogP contribution in [0.5, 0.6) is 5.75 Å². The van der Waals surface area contributed by atoms with E-state index in [0.29, 0.717) is 5.39 Å².